The van der Waals surface area contributed by atoms with Crippen LogP contribution >= 0.6 is 11.6 Å². The summed E-state index contributed by atoms with van der Waals surface area (Å²) >= 11 is 5.77. The zero-order valence-electron chi connectivity index (χ0n) is 17.3. The zero-order chi connectivity index (χ0) is 21.8. The van der Waals surface area contributed by atoms with Crippen molar-refractivity contribution in [3.05, 3.63) is 47.4 Å². The molecule has 0 unspecified atom stereocenters. The number of hydrogen-bond acceptors (Lipinski definition) is 6. The van der Waals surface area contributed by atoms with E-state index in [9.17, 15) is 9.50 Å². The van der Waals surface area contributed by atoms with Crippen molar-refractivity contribution in [3.8, 4) is 17.2 Å². The summed E-state index contributed by atoms with van der Waals surface area (Å²) in [4.78, 5) is 6.87. The first kappa shape index (κ1) is 21.5. The van der Waals surface area contributed by atoms with Gasteiger partial charge in [-0.15, -0.1) is 0 Å². The topological polar surface area (TPSA) is 66.8 Å². The molecule has 0 bridgehead atoms. The van der Waals surface area contributed by atoms with Gasteiger partial charge in [0.05, 0.1) is 29.9 Å². The molecular weight excluding hydrogens is 421 g/mol. The van der Waals surface area contributed by atoms with Crippen LogP contribution in [0, 0.1) is 5.82 Å². The maximum Gasteiger partial charge on any atom is 0.163 e. The molecule has 0 aliphatic carbocycles. The summed E-state index contributed by atoms with van der Waals surface area (Å²) in [5.41, 5.74) is 1.40. The standard InChI is InChI=1S/C23H25ClFN3O3/c1-30-22-11-15-18(27-20-13-21(29)16(24)12-17(20)25)5-6-26-19(15)14-23(22)31-10-4-9-28-7-2-3-8-28/h5-6,11-14,29H,2-4,7-10H2,1H3,(H,26,27). The molecule has 0 amide bonds. The molecule has 2 aromatic carbocycles. The first-order chi connectivity index (χ1) is 15.0. The number of nitrogens with one attached hydrogen (secondary N) is 1. The fraction of sp³-hybridized carbons (Fsp3) is 0.348. The minimum absolute atomic E-state index is 0.0455. The molecule has 6 nitrogen and oxygen atoms in total. The van der Waals surface area contributed by atoms with Gasteiger partial charge in [-0.1, -0.05) is 11.6 Å². The molecular formula is C23H25ClFN3O3. The molecule has 0 spiro atoms. The van der Waals surface area contributed by atoms with Crippen LogP contribution in [0.5, 0.6) is 17.2 Å². The summed E-state index contributed by atoms with van der Waals surface area (Å²) in [6.45, 7) is 3.96. The van der Waals surface area contributed by atoms with E-state index in [0.29, 0.717) is 29.3 Å². The highest BCUT2D eigenvalue weighted by atomic mass is 35.5. The number of benzene rings is 2. The minimum Gasteiger partial charge on any atom is -0.506 e. The Hall–Kier alpha value is -2.77. The van der Waals surface area contributed by atoms with E-state index in [0.717, 1.165) is 24.4 Å². The maximum atomic E-state index is 14.3. The van der Waals surface area contributed by atoms with Gasteiger partial charge in [0.25, 0.3) is 0 Å². The second kappa shape index (κ2) is 9.58. The zero-order valence-corrected chi connectivity index (χ0v) is 18.1. The first-order valence-corrected chi connectivity index (χ1v) is 10.7. The van der Waals surface area contributed by atoms with Crippen molar-refractivity contribution in [1.29, 1.82) is 0 Å². The van der Waals surface area contributed by atoms with Gasteiger partial charge in [0.1, 0.15) is 11.6 Å². The number of aromatic nitrogens is 1. The van der Waals surface area contributed by atoms with Crippen LogP contribution in [0.4, 0.5) is 15.8 Å². The van der Waals surface area contributed by atoms with E-state index in [1.165, 1.54) is 32.0 Å². The van der Waals surface area contributed by atoms with Gasteiger partial charge in [0.2, 0.25) is 0 Å². The Labute approximate surface area is 185 Å². The molecule has 1 aliphatic heterocycles. The van der Waals surface area contributed by atoms with E-state index >= 15 is 0 Å². The molecule has 31 heavy (non-hydrogen) atoms. The van der Waals surface area contributed by atoms with E-state index < -0.39 is 5.82 Å². The quantitative estimate of drug-likeness (QED) is 0.455. The first-order valence-electron chi connectivity index (χ1n) is 10.3. The number of phenolic OH excluding ortho intramolecular Hbond substituents is 1. The molecule has 0 atom stereocenters. The average Bonchev–Trinajstić information content (AvgIpc) is 3.28. The summed E-state index contributed by atoms with van der Waals surface area (Å²) in [7, 11) is 1.58. The molecule has 3 aromatic rings. The van der Waals surface area contributed by atoms with Crippen molar-refractivity contribution in [1.82, 2.24) is 9.88 Å². The number of phenols is 1. The van der Waals surface area contributed by atoms with Gasteiger partial charge in [0.15, 0.2) is 11.5 Å². The predicted molar refractivity (Wildman–Crippen MR) is 120 cm³/mol. The Kier molecular flexibility index (Phi) is 6.63. The Bertz CT molecular complexity index is 1070. The number of fused-ring (bicyclic) bond motifs is 1. The molecule has 1 aliphatic rings. The second-order valence-electron chi connectivity index (χ2n) is 7.54. The lowest BCUT2D eigenvalue weighted by Crippen LogP contribution is -2.21. The molecule has 2 N–H and O–H groups in total. The van der Waals surface area contributed by atoms with E-state index in [4.69, 9.17) is 21.1 Å². The van der Waals surface area contributed by atoms with Crippen LogP contribution in [-0.4, -0.2) is 48.3 Å². The largest absolute Gasteiger partial charge is 0.506 e. The van der Waals surface area contributed by atoms with Crippen LogP contribution in [-0.2, 0) is 0 Å². The monoisotopic (exact) mass is 445 g/mol. The Balaban J connectivity index is 1.54. The third-order valence-electron chi connectivity index (χ3n) is 5.41. The molecule has 8 heteroatoms. The highest BCUT2D eigenvalue weighted by Crippen LogP contribution is 2.37. The highest BCUT2D eigenvalue weighted by molar-refractivity contribution is 6.32. The number of halogens is 2. The van der Waals surface area contributed by atoms with Crippen LogP contribution < -0.4 is 14.8 Å². The molecule has 2 heterocycles. The smallest absolute Gasteiger partial charge is 0.163 e. The number of hydrogen-bond donors (Lipinski definition) is 2. The predicted octanol–water partition coefficient (Wildman–Crippen LogP) is 5.35. The number of pyridine rings is 1. The summed E-state index contributed by atoms with van der Waals surface area (Å²) in [6, 6.07) is 7.68. The van der Waals surface area contributed by atoms with E-state index in [-0.39, 0.29) is 16.5 Å². The lowest BCUT2D eigenvalue weighted by Gasteiger charge is -2.16. The van der Waals surface area contributed by atoms with Crippen molar-refractivity contribution in [3.63, 3.8) is 0 Å². The number of anilines is 2. The van der Waals surface area contributed by atoms with E-state index in [1.807, 2.05) is 12.1 Å². The number of aromatic hydroxyl groups is 1. The number of rotatable bonds is 8. The molecule has 0 saturated carbocycles. The van der Waals surface area contributed by atoms with Crippen molar-refractivity contribution in [2.24, 2.45) is 0 Å². The molecule has 1 aromatic heterocycles. The lowest BCUT2D eigenvalue weighted by molar-refractivity contribution is 0.254. The van der Waals surface area contributed by atoms with Crippen molar-refractivity contribution in [2.45, 2.75) is 19.3 Å². The van der Waals surface area contributed by atoms with Crippen LogP contribution in [0.25, 0.3) is 10.9 Å². The number of ether oxygens (including phenoxy) is 2. The lowest BCUT2D eigenvalue weighted by atomic mass is 10.1. The maximum absolute atomic E-state index is 14.3. The number of likely N-dealkylation sites (tertiary alicyclic amines) is 1. The van der Waals surface area contributed by atoms with Gasteiger partial charge < -0.3 is 24.8 Å². The van der Waals surface area contributed by atoms with Crippen LogP contribution in [0.2, 0.25) is 5.02 Å². The Morgan fingerprint density at radius 2 is 1.97 bits per heavy atom. The van der Waals surface area contributed by atoms with E-state index in [1.54, 1.807) is 19.4 Å². The SMILES string of the molecule is COc1cc2c(Nc3cc(O)c(Cl)cc3F)ccnc2cc1OCCCN1CCCC1. The minimum atomic E-state index is -0.572. The summed E-state index contributed by atoms with van der Waals surface area (Å²) in [5.74, 6) is 0.421. The second-order valence-corrected chi connectivity index (χ2v) is 7.95. The number of nitrogens with zero attached hydrogens (tertiary/aromatic N) is 2. The molecule has 164 valence electrons. The van der Waals surface area contributed by atoms with Gasteiger partial charge in [-0.3, -0.25) is 4.98 Å². The fourth-order valence-corrected chi connectivity index (χ4v) is 3.94. The summed E-state index contributed by atoms with van der Waals surface area (Å²) in [6.07, 6.45) is 5.12. The van der Waals surface area contributed by atoms with E-state index in [2.05, 4.69) is 15.2 Å². The summed E-state index contributed by atoms with van der Waals surface area (Å²) in [5, 5.41) is 13.5. The van der Waals surface area contributed by atoms with Crippen molar-refractivity contribution >= 4 is 33.9 Å². The van der Waals surface area contributed by atoms with Gasteiger partial charge in [-0.2, -0.15) is 0 Å². The highest BCUT2D eigenvalue weighted by Gasteiger charge is 2.14. The van der Waals surface area contributed by atoms with Crippen molar-refractivity contribution < 1.29 is 19.0 Å². The van der Waals surface area contributed by atoms with Crippen molar-refractivity contribution in [2.75, 3.05) is 38.7 Å². The van der Waals surface area contributed by atoms with Crippen LogP contribution in [0.1, 0.15) is 19.3 Å². The van der Waals surface area contributed by atoms with Gasteiger partial charge in [-0.25, -0.2) is 4.39 Å². The number of methoxy groups -OCH3 is 1. The average molecular weight is 446 g/mol. The Morgan fingerprint density at radius 1 is 1.16 bits per heavy atom. The molecule has 1 saturated heterocycles. The molecule has 1 fully saturated rings. The summed E-state index contributed by atoms with van der Waals surface area (Å²) < 4.78 is 25.8. The Morgan fingerprint density at radius 3 is 2.74 bits per heavy atom. The third-order valence-corrected chi connectivity index (χ3v) is 5.71. The van der Waals surface area contributed by atoms with Gasteiger partial charge in [-0.05, 0) is 50.6 Å². The molecule has 0 radical (unpaired) electrons. The van der Waals surface area contributed by atoms with Gasteiger partial charge in [0, 0.05) is 35.9 Å². The third kappa shape index (κ3) is 4.94. The fourth-order valence-electron chi connectivity index (χ4n) is 3.79. The normalized spacial score (nSPS) is 14.2. The van der Waals surface area contributed by atoms with Gasteiger partial charge >= 0.3 is 0 Å². The molecule has 4 rings (SSSR count). The van der Waals surface area contributed by atoms with Crippen LogP contribution in [0.15, 0.2) is 36.5 Å². The van der Waals surface area contributed by atoms with Crippen LogP contribution in [0.3, 0.4) is 0 Å².